The van der Waals surface area contributed by atoms with Crippen molar-refractivity contribution >= 4 is 49.4 Å². The molecule has 8 rings (SSSR count). The molecule has 268 valence electrons. The molecule has 1 heteroatoms. The summed E-state index contributed by atoms with van der Waals surface area (Å²) in [6.45, 7) is 13.7. The van der Waals surface area contributed by atoms with Gasteiger partial charge in [-0.05, 0) is 115 Å². The zero-order chi connectivity index (χ0) is 37.5. The van der Waals surface area contributed by atoms with Crippen molar-refractivity contribution in [1.29, 1.82) is 0 Å². The molecule has 0 aliphatic heterocycles. The van der Waals surface area contributed by atoms with E-state index in [1.165, 1.54) is 65.8 Å². The van der Waals surface area contributed by atoms with Gasteiger partial charge in [-0.3, -0.25) is 0 Å². The van der Waals surface area contributed by atoms with Crippen LogP contribution in [0.15, 0.2) is 170 Å². The lowest BCUT2D eigenvalue weighted by Gasteiger charge is -2.29. The van der Waals surface area contributed by atoms with Gasteiger partial charge in [0.05, 0.1) is 5.69 Å². The average Bonchev–Trinajstić information content (AvgIpc) is 3.19. The molecule has 0 heterocycles. The van der Waals surface area contributed by atoms with Gasteiger partial charge in [-0.15, -0.1) is 0 Å². The average molecular weight is 702 g/mol. The molecule has 0 aromatic heterocycles. The first-order valence-electron chi connectivity index (χ1n) is 19.5. The van der Waals surface area contributed by atoms with Crippen LogP contribution >= 0.6 is 0 Å². The summed E-state index contributed by atoms with van der Waals surface area (Å²) in [7, 11) is 0. The minimum atomic E-state index is 0.0837. The fourth-order valence-electron chi connectivity index (χ4n) is 8.24. The zero-order valence-corrected chi connectivity index (χ0v) is 32.6. The topological polar surface area (TPSA) is 3.24 Å². The Kier molecular flexibility index (Phi) is 9.36. The van der Waals surface area contributed by atoms with E-state index in [4.69, 9.17) is 0 Å². The van der Waals surface area contributed by atoms with Crippen molar-refractivity contribution in [3.8, 4) is 0 Å². The number of para-hydroxylation sites is 1. The fraction of sp³-hybridized carbons (Fsp3) is 0.208. The van der Waals surface area contributed by atoms with Crippen LogP contribution in [0.3, 0.4) is 0 Å². The summed E-state index contributed by atoms with van der Waals surface area (Å²) < 4.78 is 0. The third-order valence-corrected chi connectivity index (χ3v) is 11.3. The van der Waals surface area contributed by atoms with E-state index in [-0.39, 0.29) is 10.8 Å². The van der Waals surface area contributed by atoms with E-state index in [0.717, 1.165) is 24.2 Å². The van der Waals surface area contributed by atoms with Gasteiger partial charge in [-0.1, -0.05) is 175 Å². The Bertz CT molecular complexity index is 2530. The van der Waals surface area contributed by atoms with Gasteiger partial charge in [0.15, 0.2) is 0 Å². The van der Waals surface area contributed by atoms with Gasteiger partial charge in [0.1, 0.15) is 0 Å². The lowest BCUT2D eigenvalue weighted by molar-refractivity contribution is 0.589. The van der Waals surface area contributed by atoms with Crippen molar-refractivity contribution in [3.05, 3.63) is 198 Å². The van der Waals surface area contributed by atoms with E-state index in [9.17, 15) is 0 Å². The Labute approximate surface area is 321 Å². The predicted octanol–water partition coefficient (Wildman–Crippen LogP) is 15.0. The van der Waals surface area contributed by atoms with E-state index in [0.29, 0.717) is 5.92 Å². The summed E-state index contributed by atoms with van der Waals surface area (Å²) in [4.78, 5) is 2.44. The number of rotatable bonds is 8. The molecule has 0 aliphatic rings. The first-order valence-corrected chi connectivity index (χ1v) is 19.5. The molecule has 0 aliphatic carbocycles. The molecule has 1 atom stereocenters. The van der Waals surface area contributed by atoms with E-state index < -0.39 is 0 Å². The summed E-state index contributed by atoms with van der Waals surface area (Å²) in [5.41, 5.74) is 10.6. The maximum atomic E-state index is 2.50. The largest absolute Gasteiger partial charge is 0.310 e. The van der Waals surface area contributed by atoms with Crippen LogP contribution < -0.4 is 4.90 Å². The predicted molar refractivity (Wildman–Crippen MR) is 234 cm³/mol. The molecule has 0 fully saturated rings. The van der Waals surface area contributed by atoms with Crippen LogP contribution in [0.5, 0.6) is 0 Å². The second-order valence-corrected chi connectivity index (χ2v) is 17.0. The van der Waals surface area contributed by atoms with Crippen molar-refractivity contribution in [2.75, 3.05) is 4.90 Å². The molecule has 0 amide bonds. The number of hydrogen-bond acceptors (Lipinski definition) is 1. The molecule has 0 bridgehead atoms. The monoisotopic (exact) mass is 701 g/mol. The van der Waals surface area contributed by atoms with E-state index >= 15 is 0 Å². The van der Waals surface area contributed by atoms with Crippen molar-refractivity contribution < 1.29 is 0 Å². The molecule has 8 aromatic rings. The molecular formula is C53H51N. The highest BCUT2D eigenvalue weighted by atomic mass is 15.1. The van der Waals surface area contributed by atoms with Crippen LogP contribution in [-0.2, 0) is 17.3 Å². The molecule has 0 saturated heterocycles. The van der Waals surface area contributed by atoms with Gasteiger partial charge in [0.25, 0.3) is 0 Å². The van der Waals surface area contributed by atoms with Crippen LogP contribution in [-0.4, -0.2) is 0 Å². The number of hydrogen-bond donors (Lipinski definition) is 0. The number of aryl methyl sites for hydroxylation is 1. The van der Waals surface area contributed by atoms with Crippen LogP contribution in [0.25, 0.3) is 32.3 Å². The first-order chi connectivity index (χ1) is 26.1. The van der Waals surface area contributed by atoms with E-state index in [1.807, 2.05) is 0 Å². The Balaban J connectivity index is 1.27. The molecule has 0 saturated carbocycles. The van der Waals surface area contributed by atoms with Gasteiger partial charge in [-0.25, -0.2) is 0 Å². The number of nitrogens with zero attached hydrogens (tertiary/aromatic N) is 1. The number of benzene rings is 8. The highest BCUT2D eigenvalue weighted by Gasteiger charge is 2.22. The van der Waals surface area contributed by atoms with Crippen molar-refractivity contribution in [2.45, 2.75) is 71.1 Å². The van der Waals surface area contributed by atoms with Gasteiger partial charge >= 0.3 is 0 Å². The quantitative estimate of drug-likeness (QED) is 0.143. The Hall–Kier alpha value is -5.66. The normalized spacial score (nSPS) is 12.7. The second-order valence-electron chi connectivity index (χ2n) is 17.0. The highest BCUT2D eigenvalue weighted by molar-refractivity contribution is 6.22. The molecule has 8 aromatic carbocycles. The number of anilines is 3. The lowest BCUT2D eigenvalue weighted by Crippen LogP contribution is -2.13. The molecule has 0 N–H and O–H groups in total. The van der Waals surface area contributed by atoms with Crippen LogP contribution in [0.4, 0.5) is 17.1 Å². The van der Waals surface area contributed by atoms with E-state index in [2.05, 4.69) is 216 Å². The van der Waals surface area contributed by atoms with Gasteiger partial charge in [0, 0.05) is 22.7 Å². The summed E-state index contributed by atoms with van der Waals surface area (Å²) >= 11 is 0. The van der Waals surface area contributed by atoms with Crippen LogP contribution in [0, 0.1) is 0 Å². The summed E-state index contributed by atoms with van der Waals surface area (Å²) in [6.07, 6.45) is 2.00. The Morgan fingerprint density at radius 1 is 0.407 bits per heavy atom. The maximum absolute atomic E-state index is 2.50. The van der Waals surface area contributed by atoms with E-state index in [1.54, 1.807) is 0 Å². The molecule has 54 heavy (non-hydrogen) atoms. The zero-order valence-electron chi connectivity index (χ0n) is 32.6. The second kappa shape index (κ2) is 14.3. The van der Waals surface area contributed by atoms with Crippen LogP contribution in [0.1, 0.15) is 81.7 Å². The third-order valence-electron chi connectivity index (χ3n) is 11.3. The molecule has 1 unspecified atom stereocenters. The molecule has 0 spiro atoms. The van der Waals surface area contributed by atoms with Gasteiger partial charge in [-0.2, -0.15) is 0 Å². The molecular weight excluding hydrogens is 651 g/mol. The molecule has 0 radical (unpaired) electrons. The van der Waals surface area contributed by atoms with Crippen LogP contribution in [0.2, 0.25) is 0 Å². The first kappa shape index (κ1) is 35.4. The third kappa shape index (κ3) is 6.92. The number of fused-ring (bicyclic) bond motifs is 5. The Morgan fingerprint density at radius 2 is 0.852 bits per heavy atom. The van der Waals surface area contributed by atoms with Crippen molar-refractivity contribution in [3.63, 3.8) is 0 Å². The smallest absolute Gasteiger partial charge is 0.0546 e. The van der Waals surface area contributed by atoms with Crippen molar-refractivity contribution in [1.82, 2.24) is 0 Å². The van der Waals surface area contributed by atoms with Gasteiger partial charge < -0.3 is 4.90 Å². The molecule has 1 nitrogen and oxygen atoms in total. The Morgan fingerprint density at radius 3 is 1.44 bits per heavy atom. The minimum Gasteiger partial charge on any atom is -0.310 e. The highest BCUT2D eigenvalue weighted by Crippen LogP contribution is 2.45. The van der Waals surface area contributed by atoms with Crippen molar-refractivity contribution in [2.24, 2.45) is 0 Å². The summed E-state index contributed by atoms with van der Waals surface area (Å²) in [5.74, 6) is 0.304. The standard InChI is InChI=1S/C53H51N/c1-52(2,3)40-28-25-38(26-29-40)44(37-17-9-7-10-18-37)34-27-39-35-49-47-23-15-16-24-48(47)51(36-50(49)46-22-14-13-21-45(39)46)54(42-19-11-8-12-20-42)43-32-30-41(31-33-43)53(4,5)6/h7-26,28-33,35-36,44H,27,34H2,1-6H3. The SMILES string of the molecule is CC(C)(C)c1ccc(C(CCc2cc3c4ccccc4c(N(c4ccccc4)c4ccc(C(C)(C)C)cc4)cc3c3ccccc23)c2ccccc2)cc1. The lowest BCUT2D eigenvalue weighted by atomic mass is 9.82. The summed E-state index contributed by atoms with van der Waals surface area (Å²) in [5, 5.41) is 7.76. The summed E-state index contributed by atoms with van der Waals surface area (Å²) in [6, 6.07) is 63.4. The minimum absolute atomic E-state index is 0.0837. The van der Waals surface area contributed by atoms with Gasteiger partial charge in [0.2, 0.25) is 0 Å². The maximum Gasteiger partial charge on any atom is 0.0546 e. The fourth-order valence-corrected chi connectivity index (χ4v) is 8.24.